The van der Waals surface area contributed by atoms with E-state index < -0.39 is 57.2 Å². The van der Waals surface area contributed by atoms with Gasteiger partial charge in [-0.3, -0.25) is 28.9 Å². The SMILES string of the molecule is CN(c1ncccc1CNc1nc(Nc2ccc(N3CCN(Cc4cc(F)c5c(c4)CN(C4CCC(=O)NC4=O)C5=O)CC3)cc2)ncc1C(F)(F)F)S(C)(=O)=O. The number of aromatic nitrogens is 3. The molecule has 20 heteroatoms. The Morgan fingerprint density at radius 1 is 1.02 bits per heavy atom. The molecule has 7 rings (SSSR count). The van der Waals surface area contributed by atoms with Crippen molar-refractivity contribution in [3.63, 3.8) is 0 Å². The Bertz CT molecular complexity index is 2320. The van der Waals surface area contributed by atoms with Crippen molar-refractivity contribution in [3.8, 4) is 0 Å². The van der Waals surface area contributed by atoms with Crippen molar-refractivity contribution in [1.82, 2.24) is 30.1 Å². The van der Waals surface area contributed by atoms with E-state index in [4.69, 9.17) is 0 Å². The highest BCUT2D eigenvalue weighted by Crippen LogP contribution is 2.35. The van der Waals surface area contributed by atoms with Gasteiger partial charge in [-0.25, -0.2) is 22.8 Å². The summed E-state index contributed by atoms with van der Waals surface area (Å²) in [6, 6.07) is 12.7. The zero-order valence-electron chi connectivity index (χ0n) is 30.8. The molecule has 0 bridgehead atoms. The molecule has 0 aliphatic carbocycles. The van der Waals surface area contributed by atoms with E-state index in [0.717, 1.165) is 16.2 Å². The molecule has 1 atom stereocenters. The molecule has 2 saturated heterocycles. The van der Waals surface area contributed by atoms with Gasteiger partial charge in [-0.15, -0.1) is 0 Å². The number of imide groups is 1. The van der Waals surface area contributed by atoms with Gasteiger partial charge in [0.15, 0.2) is 0 Å². The van der Waals surface area contributed by atoms with E-state index in [2.05, 4.69) is 40.7 Å². The van der Waals surface area contributed by atoms with Crippen LogP contribution in [0.4, 0.5) is 46.5 Å². The van der Waals surface area contributed by atoms with Gasteiger partial charge in [-0.05, 0) is 53.9 Å². The summed E-state index contributed by atoms with van der Waals surface area (Å²) in [4.78, 5) is 54.7. The van der Waals surface area contributed by atoms with Crippen LogP contribution in [0.5, 0.6) is 0 Å². The van der Waals surface area contributed by atoms with Crippen LogP contribution in [0.15, 0.2) is 60.9 Å². The van der Waals surface area contributed by atoms with Crippen LogP contribution in [-0.4, -0.2) is 96.4 Å². The molecule has 3 N–H and O–H groups in total. The summed E-state index contributed by atoms with van der Waals surface area (Å²) >= 11 is 0. The van der Waals surface area contributed by atoms with E-state index in [9.17, 15) is 36.0 Å². The number of sulfonamides is 1. The first-order chi connectivity index (χ1) is 27.0. The molecule has 300 valence electrons. The molecule has 3 aliphatic heterocycles. The number of nitrogens with one attached hydrogen (secondary N) is 3. The highest BCUT2D eigenvalue weighted by atomic mass is 32.2. The third-order valence-electron chi connectivity index (χ3n) is 10.1. The molecule has 57 heavy (non-hydrogen) atoms. The number of carbonyl (C=O) groups is 3. The Labute approximate surface area is 325 Å². The van der Waals surface area contributed by atoms with Gasteiger partial charge in [0.05, 0.1) is 11.8 Å². The Morgan fingerprint density at radius 2 is 1.75 bits per heavy atom. The number of benzene rings is 2. The lowest BCUT2D eigenvalue weighted by molar-refractivity contribution is -0.138. The zero-order chi connectivity index (χ0) is 40.6. The number of hydrogen-bond donors (Lipinski definition) is 3. The Balaban J connectivity index is 0.958. The number of nitrogens with zero attached hydrogens (tertiary/aromatic N) is 7. The average molecular weight is 811 g/mol. The van der Waals surface area contributed by atoms with Crippen LogP contribution in [-0.2, 0) is 45.4 Å². The number of halogens is 4. The molecule has 2 aromatic carbocycles. The largest absolute Gasteiger partial charge is 0.421 e. The molecule has 5 heterocycles. The summed E-state index contributed by atoms with van der Waals surface area (Å²) in [5.74, 6) is -2.67. The molecular formula is C37H38F4N10O5S. The van der Waals surface area contributed by atoms with E-state index in [1.807, 2.05) is 12.1 Å². The van der Waals surface area contributed by atoms with Crippen molar-refractivity contribution in [1.29, 1.82) is 0 Å². The minimum atomic E-state index is -4.77. The van der Waals surface area contributed by atoms with Gasteiger partial charge in [0.2, 0.25) is 27.8 Å². The van der Waals surface area contributed by atoms with Crippen molar-refractivity contribution in [2.75, 3.05) is 59.3 Å². The highest BCUT2D eigenvalue weighted by molar-refractivity contribution is 7.92. The highest BCUT2D eigenvalue weighted by Gasteiger charge is 2.41. The predicted molar refractivity (Wildman–Crippen MR) is 202 cm³/mol. The first-order valence-corrected chi connectivity index (χ1v) is 19.8. The fourth-order valence-corrected chi connectivity index (χ4v) is 7.57. The summed E-state index contributed by atoms with van der Waals surface area (Å²) in [5.41, 5.74) is 1.86. The summed E-state index contributed by atoms with van der Waals surface area (Å²) in [5, 5.41) is 7.86. The number of hydrogen-bond acceptors (Lipinski definition) is 12. The van der Waals surface area contributed by atoms with Crippen LogP contribution in [0.3, 0.4) is 0 Å². The maximum absolute atomic E-state index is 15.3. The maximum atomic E-state index is 15.3. The third kappa shape index (κ3) is 8.60. The molecule has 0 saturated carbocycles. The monoisotopic (exact) mass is 810 g/mol. The van der Waals surface area contributed by atoms with E-state index >= 15 is 4.39 Å². The number of carbonyl (C=O) groups excluding carboxylic acids is 3. The standard InChI is InChI=1S/C37H38F4N10O5S/c1-48(57(2,55)56)33-23(4-3-11-42-33)18-43-32-27(37(39,40)41)19-44-36(47-32)45-25-5-7-26(8-6-25)50-14-12-49(13-15-50)20-22-16-24-21-51(35(54)31(24)28(38)17-22)29-9-10-30(52)46-34(29)53/h3-8,11,16-17,19,29H,9-10,12-15,18,20-21H2,1-2H3,(H,46,52,53)(H2,43,44,45,47). The van der Waals surface area contributed by atoms with Crippen molar-refractivity contribution >= 4 is 56.7 Å². The second kappa shape index (κ2) is 15.6. The average Bonchev–Trinajstić information content (AvgIpc) is 3.49. The molecule has 15 nitrogen and oxygen atoms in total. The molecule has 3 amide bonds. The quantitative estimate of drug-likeness (QED) is 0.148. The number of fused-ring (bicyclic) bond motifs is 1. The van der Waals surface area contributed by atoms with E-state index in [1.165, 1.54) is 24.2 Å². The van der Waals surface area contributed by atoms with E-state index in [1.54, 1.807) is 30.3 Å². The molecule has 0 spiro atoms. The van der Waals surface area contributed by atoms with Crippen molar-refractivity contribution < 1.29 is 40.4 Å². The minimum Gasteiger partial charge on any atom is -0.369 e. The molecule has 2 fully saturated rings. The molecular weight excluding hydrogens is 773 g/mol. The smallest absolute Gasteiger partial charge is 0.369 e. The van der Waals surface area contributed by atoms with E-state index in [0.29, 0.717) is 61.3 Å². The van der Waals surface area contributed by atoms with Crippen LogP contribution in [0.25, 0.3) is 0 Å². The molecule has 1 unspecified atom stereocenters. The normalized spacial score (nSPS) is 17.7. The molecule has 2 aromatic heterocycles. The van der Waals surface area contributed by atoms with Gasteiger partial charge < -0.3 is 20.4 Å². The summed E-state index contributed by atoms with van der Waals surface area (Å²) in [7, 11) is -2.38. The van der Waals surface area contributed by atoms with Crippen molar-refractivity contribution in [3.05, 3.63) is 94.6 Å². The van der Waals surface area contributed by atoms with Crippen LogP contribution in [0, 0.1) is 5.82 Å². The molecule has 0 radical (unpaired) electrons. The number of alkyl halides is 3. The summed E-state index contributed by atoms with van der Waals surface area (Å²) < 4.78 is 82.2. The first kappa shape index (κ1) is 39.3. The number of rotatable bonds is 11. The number of amides is 3. The second-order valence-electron chi connectivity index (χ2n) is 14.0. The van der Waals surface area contributed by atoms with Crippen LogP contribution >= 0.6 is 0 Å². The van der Waals surface area contributed by atoms with Crippen LogP contribution in [0.2, 0.25) is 0 Å². The van der Waals surface area contributed by atoms with Gasteiger partial charge >= 0.3 is 6.18 Å². The van der Waals surface area contributed by atoms with Crippen molar-refractivity contribution in [2.45, 2.75) is 44.7 Å². The lowest BCUT2D eigenvalue weighted by Gasteiger charge is -2.36. The van der Waals surface area contributed by atoms with Gasteiger partial charge in [-0.1, -0.05) is 12.1 Å². The topological polar surface area (TPSA) is 173 Å². The number of pyridine rings is 1. The molecule has 3 aliphatic rings. The zero-order valence-corrected chi connectivity index (χ0v) is 31.6. The van der Waals surface area contributed by atoms with Gasteiger partial charge in [0.1, 0.15) is 29.1 Å². The second-order valence-corrected chi connectivity index (χ2v) is 16.0. The van der Waals surface area contributed by atoms with Gasteiger partial charge in [-0.2, -0.15) is 18.2 Å². The number of anilines is 5. The minimum absolute atomic E-state index is 0.0377. The van der Waals surface area contributed by atoms with Crippen LogP contribution in [0.1, 0.15) is 45.5 Å². The van der Waals surface area contributed by atoms with Gasteiger partial charge in [0, 0.05) is 88.6 Å². The Hall–Kier alpha value is -5.89. The summed E-state index contributed by atoms with van der Waals surface area (Å²) in [6.07, 6.45) is -1.42. The fraction of sp³-hybridized carbons (Fsp3) is 0.351. The summed E-state index contributed by atoms with van der Waals surface area (Å²) in [6.45, 7) is 3.00. The van der Waals surface area contributed by atoms with Crippen LogP contribution < -0.4 is 25.2 Å². The van der Waals surface area contributed by atoms with Gasteiger partial charge in [0.25, 0.3) is 5.91 Å². The predicted octanol–water partition coefficient (Wildman–Crippen LogP) is 3.86. The fourth-order valence-electron chi connectivity index (χ4n) is 7.09. The Morgan fingerprint density at radius 3 is 2.44 bits per heavy atom. The van der Waals surface area contributed by atoms with Crippen molar-refractivity contribution in [2.24, 2.45) is 0 Å². The maximum Gasteiger partial charge on any atom is 0.421 e. The van der Waals surface area contributed by atoms with E-state index in [-0.39, 0.29) is 43.3 Å². The third-order valence-corrected chi connectivity index (χ3v) is 11.3. The lowest BCUT2D eigenvalue weighted by atomic mass is 10.0. The number of piperazine rings is 1. The lowest BCUT2D eigenvalue weighted by Crippen LogP contribution is -2.52. The Kier molecular flexibility index (Phi) is 10.7. The molecule has 4 aromatic rings. The number of piperidine rings is 1. The first-order valence-electron chi connectivity index (χ1n) is 17.9.